The van der Waals surface area contributed by atoms with E-state index in [-0.39, 0.29) is 0 Å². The minimum absolute atomic E-state index is 0.290. The van der Waals surface area contributed by atoms with Gasteiger partial charge in [-0.25, -0.2) is 14.8 Å². The molecule has 1 rings (SSSR count). The minimum atomic E-state index is -0.460. The first-order valence-electron chi connectivity index (χ1n) is 5.65. The van der Waals surface area contributed by atoms with Gasteiger partial charge in [0.05, 0.1) is 12.3 Å². The molecule has 1 aromatic rings. The van der Waals surface area contributed by atoms with Crippen molar-refractivity contribution in [3.8, 4) is 0 Å². The molecule has 0 fully saturated rings. The van der Waals surface area contributed by atoms with E-state index in [1.807, 2.05) is 6.26 Å². The summed E-state index contributed by atoms with van der Waals surface area (Å²) in [5, 5.41) is 10.4. The number of anilines is 1. The summed E-state index contributed by atoms with van der Waals surface area (Å²) in [6.45, 7) is 3.77. The second-order valence-electron chi connectivity index (χ2n) is 3.41. The number of hydrogen-bond donors (Lipinski definition) is 2. The summed E-state index contributed by atoms with van der Waals surface area (Å²) in [7, 11) is 0. The van der Waals surface area contributed by atoms with Crippen molar-refractivity contribution in [2.75, 3.05) is 18.2 Å². The van der Waals surface area contributed by atoms with Gasteiger partial charge in [0.2, 0.25) is 0 Å². The number of aryl methyl sites for hydroxylation is 1. The molecule has 0 amide bonds. The SMILES string of the molecule is CCOC(=O)c1c(C)nc(SC)nc1N/C=C\C=N. The van der Waals surface area contributed by atoms with E-state index in [9.17, 15) is 4.79 Å². The monoisotopic (exact) mass is 280 g/mol. The molecule has 0 bridgehead atoms. The molecule has 0 saturated heterocycles. The lowest BCUT2D eigenvalue weighted by molar-refractivity contribution is 0.0525. The highest BCUT2D eigenvalue weighted by Gasteiger charge is 2.19. The number of rotatable bonds is 6. The van der Waals surface area contributed by atoms with E-state index < -0.39 is 5.97 Å². The molecule has 19 heavy (non-hydrogen) atoms. The highest BCUT2D eigenvalue weighted by atomic mass is 32.2. The van der Waals surface area contributed by atoms with Crippen LogP contribution in [0.3, 0.4) is 0 Å². The average Bonchev–Trinajstić information content (AvgIpc) is 2.38. The number of thioether (sulfide) groups is 1. The number of nitrogens with zero attached hydrogens (tertiary/aromatic N) is 2. The minimum Gasteiger partial charge on any atom is -0.462 e. The number of ether oxygens (including phenoxy) is 1. The van der Waals surface area contributed by atoms with Gasteiger partial charge in [0.1, 0.15) is 11.4 Å². The standard InChI is InChI=1S/C12H16N4O2S/c1-4-18-11(17)9-8(2)15-12(19-3)16-10(9)14-7-5-6-13/h5-7,13H,4H2,1-3H3,(H,14,15,16)/b7-5-,13-6?. The number of carbonyl (C=O) groups is 1. The van der Waals surface area contributed by atoms with E-state index in [1.54, 1.807) is 13.8 Å². The molecule has 0 aliphatic heterocycles. The van der Waals surface area contributed by atoms with Crippen LogP contribution in [0.15, 0.2) is 17.4 Å². The maximum Gasteiger partial charge on any atom is 0.343 e. The molecular formula is C12H16N4O2S. The zero-order chi connectivity index (χ0) is 14.3. The summed E-state index contributed by atoms with van der Waals surface area (Å²) in [6, 6.07) is 0. The topological polar surface area (TPSA) is 88.0 Å². The van der Waals surface area contributed by atoms with Gasteiger partial charge in [-0.05, 0) is 26.2 Å². The quantitative estimate of drug-likeness (QED) is 0.360. The van der Waals surface area contributed by atoms with Crippen LogP contribution in [0.2, 0.25) is 0 Å². The van der Waals surface area contributed by atoms with Crippen molar-refractivity contribution in [2.24, 2.45) is 0 Å². The Morgan fingerprint density at radius 2 is 2.26 bits per heavy atom. The number of esters is 1. The molecule has 6 nitrogen and oxygen atoms in total. The molecule has 0 aliphatic carbocycles. The summed E-state index contributed by atoms with van der Waals surface area (Å²) in [4.78, 5) is 20.4. The molecule has 1 aromatic heterocycles. The van der Waals surface area contributed by atoms with Crippen LogP contribution >= 0.6 is 11.8 Å². The lowest BCUT2D eigenvalue weighted by Crippen LogP contribution is -2.13. The lowest BCUT2D eigenvalue weighted by Gasteiger charge is -2.11. The number of aromatic nitrogens is 2. The van der Waals surface area contributed by atoms with Gasteiger partial charge in [-0.1, -0.05) is 11.8 Å². The van der Waals surface area contributed by atoms with E-state index >= 15 is 0 Å². The number of hydrogen-bond acceptors (Lipinski definition) is 7. The highest BCUT2D eigenvalue weighted by molar-refractivity contribution is 7.98. The first-order chi connectivity index (χ1) is 9.13. The van der Waals surface area contributed by atoms with Gasteiger partial charge in [0, 0.05) is 12.4 Å². The van der Waals surface area contributed by atoms with Crippen molar-refractivity contribution in [3.05, 3.63) is 23.5 Å². The maximum absolute atomic E-state index is 11.9. The third-order valence-corrected chi connectivity index (χ3v) is 2.69. The first-order valence-corrected chi connectivity index (χ1v) is 6.88. The van der Waals surface area contributed by atoms with Gasteiger partial charge in [-0.3, -0.25) is 0 Å². The highest BCUT2D eigenvalue weighted by Crippen LogP contribution is 2.21. The fourth-order valence-electron chi connectivity index (χ4n) is 1.37. The van der Waals surface area contributed by atoms with E-state index in [4.69, 9.17) is 10.1 Å². The van der Waals surface area contributed by atoms with Crippen LogP contribution in [-0.4, -0.2) is 35.0 Å². The van der Waals surface area contributed by atoms with Crippen LogP contribution in [0, 0.1) is 12.3 Å². The van der Waals surface area contributed by atoms with Gasteiger partial charge >= 0.3 is 5.97 Å². The second-order valence-corrected chi connectivity index (χ2v) is 4.18. The fourth-order valence-corrected chi connectivity index (χ4v) is 1.78. The van der Waals surface area contributed by atoms with Crippen LogP contribution in [-0.2, 0) is 4.74 Å². The molecular weight excluding hydrogens is 264 g/mol. The molecule has 0 spiro atoms. The van der Waals surface area contributed by atoms with E-state index in [0.29, 0.717) is 28.8 Å². The molecule has 0 atom stereocenters. The summed E-state index contributed by atoms with van der Waals surface area (Å²) >= 11 is 1.39. The van der Waals surface area contributed by atoms with Crippen molar-refractivity contribution >= 4 is 29.8 Å². The molecule has 0 radical (unpaired) electrons. The van der Waals surface area contributed by atoms with Gasteiger partial charge in [0.25, 0.3) is 0 Å². The Bertz CT molecular complexity index is 503. The number of carbonyl (C=O) groups excluding carboxylic acids is 1. The van der Waals surface area contributed by atoms with Gasteiger partial charge in [-0.2, -0.15) is 0 Å². The van der Waals surface area contributed by atoms with E-state index in [2.05, 4.69) is 15.3 Å². The predicted molar refractivity (Wildman–Crippen MR) is 76.1 cm³/mol. The molecule has 0 saturated carbocycles. The molecule has 0 aliphatic rings. The van der Waals surface area contributed by atoms with E-state index in [0.717, 1.165) is 6.21 Å². The Balaban J connectivity index is 3.20. The van der Waals surface area contributed by atoms with Crippen LogP contribution in [0.5, 0.6) is 0 Å². The second kappa shape index (κ2) is 7.52. The Labute approximate surface area is 116 Å². The first kappa shape index (κ1) is 15.2. The Hall–Kier alpha value is -1.89. The van der Waals surface area contributed by atoms with Gasteiger partial charge in [-0.15, -0.1) is 0 Å². The summed E-state index contributed by atoms with van der Waals surface area (Å²) in [6.07, 6.45) is 6.00. The summed E-state index contributed by atoms with van der Waals surface area (Å²) in [5.74, 6) is -0.0770. The molecule has 7 heteroatoms. The Morgan fingerprint density at radius 3 is 2.84 bits per heavy atom. The average molecular weight is 280 g/mol. The van der Waals surface area contributed by atoms with Crippen molar-refractivity contribution in [1.82, 2.24) is 9.97 Å². The Kier molecular flexibility index (Phi) is 6.01. The molecule has 0 aromatic carbocycles. The van der Waals surface area contributed by atoms with Crippen LogP contribution < -0.4 is 5.32 Å². The van der Waals surface area contributed by atoms with Crippen LogP contribution in [0.4, 0.5) is 5.82 Å². The summed E-state index contributed by atoms with van der Waals surface area (Å²) in [5.41, 5.74) is 0.873. The zero-order valence-corrected chi connectivity index (χ0v) is 11.9. The molecule has 0 unspecified atom stereocenters. The normalized spacial score (nSPS) is 10.5. The van der Waals surface area contributed by atoms with Crippen LogP contribution in [0.1, 0.15) is 23.0 Å². The van der Waals surface area contributed by atoms with E-state index in [1.165, 1.54) is 24.0 Å². The van der Waals surface area contributed by atoms with Crippen LogP contribution in [0.25, 0.3) is 0 Å². The largest absolute Gasteiger partial charge is 0.462 e. The van der Waals surface area contributed by atoms with Crippen molar-refractivity contribution in [3.63, 3.8) is 0 Å². The number of nitrogens with one attached hydrogen (secondary N) is 2. The third kappa shape index (κ3) is 4.06. The Morgan fingerprint density at radius 1 is 1.53 bits per heavy atom. The third-order valence-electron chi connectivity index (χ3n) is 2.14. The van der Waals surface area contributed by atoms with Gasteiger partial charge < -0.3 is 15.5 Å². The van der Waals surface area contributed by atoms with Crippen molar-refractivity contribution < 1.29 is 9.53 Å². The number of allylic oxidation sites excluding steroid dienone is 1. The molecule has 1 heterocycles. The van der Waals surface area contributed by atoms with Crippen molar-refractivity contribution in [2.45, 2.75) is 19.0 Å². The van der Waals surface area contributed by atoms with Crippen molar-refractivity contribution in [1.29, 1.82) is 5.41 Å². The molecule has 102 valence electrons. The fraction of sp³-hybridized carbons (Fsp3) is 0.333. The predicted octanol–water partition coefficient (Wildman–Crippen LogP) is 2.26. The molecule has 2 N–H and O–H groups in total. The van der Waals surface area contributed by atoms with Gasteiger partial charge in [0.15, 0.2) is 5.16 Å². The summed E-state index contributed by atoms with van der Waals surface area (Å²) < 4.78 is 4.99. The zero-order valence-electron chi connectivity index (χ0n) is 11.1. The smallest absolute Gasteiger partial charge is 0.343 e. The lowest BCUT2D eigenvalue weighted by atomic mass is 10.2. The maximum atomic E-state index is 11.9.